The lowest BCUT2D eigenvalue weighted by Gasteiger charge is -2.31. The van der Waals surface area contributed by atoms with Crippen LogP contribution in [-0.4, -0.2) is 41.3 Å². The number of carbonyl (C=O) groups is 2. The molecule has 0 aliphatic rings. The molecule has 6 heteroatoms. The molecule has 0 saturated carbocycles. The highest BCUT2D eigenvalue weighted by Gasteiger charge is 2.24. The van der Waals surface area contributed by atoms with Gasteiger partial charge in [-0.25, -0.2) is 9.59 Å². The van der Waals surface area contributed by atoms with Crippen LogP contribution < -0.4 is 0 Å². The highest BCUT2D eigenvalue weighted by molar-refractivity contribution is 6.30. The molecule has 2 atom stereocenters. The first-order valence-electron chi connectivity index (χ1n) is 8.57. The standard InChI is InChI=1S/C19H28ClNO4/c1-12(2)21(13(3)4)19(23)25-15(6)11-14(5)24-18(22)16-7-9-17(20)10-8-16/h7-10,12-15H,11H2,1-6H3. The van der Waals surface area contributed by atoms with Crippen molar-refractivity contribution >= 4 is 23.7 Å². The van der Waals surface area contributed by atoms with E-state index in [-0.39, 0.29) is 30.4 Å². The summed E-state index contributed by atoms with van der Waals surface area (Å²) >= 11 is 5.80. The van der Waals surface area contributed by atoms with Gasteiger partial charge >= 0.3 is 12.1 Å². The van der Waals surface area contributed by atoms with E-state index in [2.05, 4.69) is 0 Å². The van der Waals surface area contributed by atoms with E-state index in [4.69, 9.17) is 21.1 Å². The summed E-state index contributed by atoms with van der Waals surface area (Å²) in [5.41, 5.74) is 0.437. The van der Waals surface area contributed by atoms with E-state index in [1.165, 1.54) is 0 Å². The van der Waals surface area contributed by atoms with Crippen molar-refractivity contribution in [3.8, 4) is 0 Å². The molecule has 0 saturated heterocycles. The summed E-state index contributed by atoms with van der Waals surface area (Å²) in [6.07, 6.45) is -0.665. The Balaban J connectivity index is 2.53. The van der Waals surface area contributed by atoms with Crippen molar-refractivity contribution in [1.82, 2.24) is 4.90 Å². The van der Waals surface area contributed by atoms with Gasteiger partial charge in [0.25, 0.3) is 0 Å². The molecule has 5 nitrogen and oxygen atoms in total. The van der Waals surface area contributed by atoms with E-state index in [1.807, 2.05) is 27.7 Å². The van der Waals surface area contributed by atoms with E-state index in [9.17, 15) is 9.59 Å². The summed E-state index contributed by atoms with van der Waals surface area (Å²) in [6, 6.07) is 6.62. The lowest BCUT2D eigenvalue weighted by atomic mass is 10.2. The molecule has 0 aliphatic heterocycles. The molecule has 0 heterocycles. The maximum atomic E-state index is 12.3. The van der Waals surface area contributed by atoms with E-state index >= 15 is 0 Å². The lowest BCUT2D eigenvalue weighted by Crippen LogP contribution is -2.43. The van der Waals surface area contributed by atoms with Crippen LogP contribution in [0.4, 0.5) is 4.79 Å². The number of benzene rings is 1. The van der Waals surface area contributed by atoms with Gasteiger partial charge in [0.1, 0.15) is 12.2 Å². The zero-order valence-corrected chi connectivity index (χ0v) is 16.5. The van der Waals surface area contributed by atoms with Crippen LogP contribution in [0.2, 0.25) is 5.02 Å². The van der Waals surface area contributed by atoms with Gasteiger partial charge in [-0.05, 0) is 65.8 Å². The van der Waals surface area contributed by atoms with E-state index in [0.29, 0.717) is 17.0 Å². The van der Waals surface area contributed by atoms with Crippen molar-refractivity contribution in [2.24, 2.45) is 0 Å². The summed E-state index contributed by atoms with van der Waals surface area (Å²) in [7, 11) is 0. The third-order valence-electron chi connectivity index (χ3n) is 3.68. The second-order valence-corrected chi connectivity index (χ2v) is 7.18. The van der Waals surface area contributed by atoms with Gasteiger partial charge < -0.3 is 14.4 Å². The minimum atomic E-state index is -0.423. The Morgan fingerprint density at radius 2 is 1.40 bits per heavy atom. The van der Waals surface area contributed by atoms with E-state index in [1.54, 1.807) is 43.0 Å². The van der Waals surface area contributed by atoms with Gasteiger partial charge in [0.15, 0.2) is 0 Å². The van der Waals surface area contributed by atoms with Crippen LogP contribution in [-0.2, 0) is 9.47 Å². The predicted octanol–water partition coefficient (Wildman–Crippen LogP) is 4.92. The van der Waals surface area contributed by atoms with Gasteiger partial charge in [-0.2, -0.15) is 0 Å². The van der Waals surface area contributed by atoms with Gasteiger partial charge in [0, 0.05) is 23.5 Å². The van der Waals surface area contributed by atoms with Gasteiger partial charge in [-0.1, -0.05) is 11.6 Å². The summed E-state index contributed by atoms with van der Waals surface area (Å²) in [6.45, 7) is 11.4. The third kappa shape index (κ3) is 6.94. The highest BCUT2D eigenvalue weighted by Crippen LogP contribution is 2.15. The number of carbonyl (C=O) groups excluding carboxylic acids is 2. The summed E-state index contributed by atoms with van der Waals surface area (Å²) in [4.78, 5) is 26.0. The maximum absolute atomic E-state index is 12.3. The number of ether oxygens (including phenoxy) is 2. The summed E-state index contributed by atoms with van der Waals surface area (Å²) < 4.78 is 10.9. The summed E-state index contributed by atoms with van der Waals surface area (Å²) in [5.74, 6) is -0.423. The average Bonchev–Trinajstić information content (AvgIpc) is 2.46. The smallest absolute Gasteiger partial charge is 0.410 e. The molecule has 0 aromatic heterocycles. The monoisotopic (exact) mass is 369 g/mol. The molecule has 2 unspecified atom stereocenters. The van der Waals surface area contributed by atoms with Crippen LogP contribution >= 0.6 is 11.6 Å². The molecule has 0 bridgehead atoms. The normalized spacial score (nSPS) is 13.5. The minimum Gasteiger partial charge on any atom is -0.459 e. The molecular formula is C19H28ClNO4. The fourth-order valence-electron chi connectivity index (χ4n) is 2.65. The maximum Gasteiger partial charge on any atom is 0.410 e. The molecule has 140 valence electrons. The number of hydrogen-bond donors (Lipinski definition) is 0. The van der Waals surface area contributed by atoms with Crippen molar-refractivity contribution in [2.45, 2.75) is 72.3 Å². The van der Waals surface area contributed by atoms with Crippen molar-refractivity contribution in [1.29, 1.82) is 0 Å². The van der Waals surface area contributed by atoms with Gasteiger partial charge in [0.05, 0.1) is 5.56 Å². The van der Waals surface area contributed by atoms with Gasteiger partial charge in [0.2, 0.25) is 0 Å². The van der Waals surface area contributed by atoms with Gasteiger partial charge in [-0.3, -0.25) is 0 Å². The molecule has 0 N–H and O–H groups in total. The Morgan fingerprint density at radius 1 is 0.920 bits per heavy atom. The number of rotatable bonds is 7. The molecule has 0 radical (unpaired) electrons. The first kappa shape index (κ1) is 21.3. The van der Waals surface area contributed by atoms with Crippen LogP contribution in [0.5, 0.6) is 0 Å². The second-order valence-electron chi connectivity index (χ2n) is 6.75. The fraction of sp³-hybridized carbons (Fsp3) is 0.579. The number of amides is 1. The molecule has 0 aliphatic carbocycles. The Bertz CT molecular complexity index is 563. The third-order valence-corrected chi connectivity index (χ3v) is 3.93. The highest BCUT2D eigenvalue weighted by atomic mass is 35.5. The molecule has 1 aromatic rings. The zero-order valence-electron chi connectivity index (χ0n) is 15.8. The van der Waals surface area contributed by atoms with Crippen molar-refractivity contribution in [3.63, 3.8) is 0 Å². The molecule has 1 amide bonds. The quantitative estimate of drug-likeness (QED) is 0.640. The SMILES string of the molecule is CC(CC(C)OC(=O)N(C(C)C)C(C)C)OC(=O)c1ccc(Cl)cc1. The molecule has 1 rings (SSSR count). The van der Waals surface area contributed by atoms with Crippen LogP contribution in [0.25, 0.3) is 0 Å². The fourth-order valence-corrected chi connectivity index (χ4v) is 2.78. The topological polar surface area (TPSA) is 55.8 Å². The number of halogens is 1. The van der Waals surface area contributed by atoms with E-state index < -0.39 is 5.97 Å². The predicted molar refractivity (Wildman–Crippen MR) is 99.0 cm³/mol. The second kappa shape index (κ2) is 9.66. The Labute approximate surface area is 155 Å². The Morgan fingerprint density at radius 3 is 1.88 bits per heavy atom. The zero-order chi connectivity index (χ0) is 19.1. The average molecular weight is 370 g/mol. The Kier molecular flexibility index (Phi) is 8.23. The Hall–Kier alpha value is -1.75. The van der Waals surface area contributed by atoms with E-state index in [0.717, 1.165) is 0 Å². The first-order chi connectivity index (χ1) is 11.6. The molecule has 0 spiro atoms. The number of nitrogens with zero attached hydrogens (tertiary/aromatic N) is 1. The molecule has 0 fully saturated rings. The largest absolute Gasteiger partial charge is 0.459 e. The number of esters is 1. The number of hydrogen-bond acceptors (Lipinski definition) is 4. The molecule has 1 aromatic carbocycles. The van der Waals surface area contributed by atoms with Crippen molar-refractivity contribution in [2.75, 3.05) is 0 Å². The van der Waals surface area contributed by atoms with Crippen LogP contribution in [0, 0.1) is 0 Å². The lowest BCUT2D eigenvalue weighted by molar-refractivity contribution is 0.00974. The van der Waals surface area contributed by atoms with Crippen molar-refractivity contribution < 1.29 is 19.1 Å². The van der Waals surface area contributed by atoms with Crippen LogP contribution in [0.15, 0.2) is 24.3 Å². The van der Waals surface area contributed by atoms with Crippen LogP contribution in [0.3, 0.4) is 0 Å². The first-order valence-corrected chi connectivity index (χ1v) is 8.95. The van der Waals surface area contributed by atoms with Crippen molar-refractivity contribution in [3.05, 3.63) is 34.9 Å². The molecule has 25 heavy (non-hydrogen) atoms. The minimum absolute atomic E-state index is 0.0554. The van der Waals surface area contributed by atoms with Gasteiger partial charge in [-0.15, -0.1) is 0 Å². The molecular weight excluding hydrogens is 342 g/mol. The van der Waals surface area contributed by atoms with Crippen LogP contribution in [0.1, 0.15) is 58.3 Å². The summed E-state index contributed by atoms with van der Waals surface area (Å²) in [5, 5.41) is 0.560.